The largest absolute Gasteiger partial charge is 0.320 e. The highest BCUT2D eigenvalue weighted by atomic mass is 15.4. The molecule has 1 aliphatic heterocycles. The number of hydrogen-bond acceptors (Lipinski definition) is 3. The fourth-order valence-electron chi connectivity index (χ4n) is 1.30. The molecule has 0 aliphatic carbocycles. The fourth-order valence-corrected chi connectivity index (χ4v) is 1.30. The van der Waals surface area contributed by atoms with Gasteiger partial charge >= 0.3 is 0 Å². The second-order valence-electron chi connectivity index (χ2n) is 3.43. The fraction of sp³-hybridized carbons (Fsp3) is 0.778. The molecule has 80 valence electrons. The highest BCUT2D eigenvalue weighted by Gasteiger charge is 2.25. The van der Waals surface area contributed by atoms with Crippen LogP contribution in [0.3, 0.4) is 0 Å². The van der Waals surface area contributed by atoms with E-state index in [9.17, 15) is 0 Å². The van der Waals surface area contributed by atoms with Crippen LogP contribution in [-0.2, 0) is 0 Å². The predicted molar refractivity (Wildman–Crippen MR) is 59.2 cm³/mol. The van der Waals surface area contributed by atoms with Crippen LogP contribution in [0.4, 0.5) is 0 Å². The van der Waals surface area contributed by atoms with Crippen LogP contribution < -0.4 is 16.4 Å². The Hall–Kier alpha value is -1.10. The summed E-state index contributed by atoms with van der Waals surface area (Å²) in [5.74, 6) is 0.0462. The van der Waals surface area contributed by atoms with E-state index in [2.05, 4.69) is 34.5 Å². The molecule has 0 bridgehead atoms. The maximum atomic E-state index is 6.00. The van der Waals surface area contributed by atoms with Crippen LogP contribution >= 0.6 is 0 Å². The summed E-state index contributed by atoms with van der Waals surface area (Å²) in [6, 6.07) is 0. The van der Waals surface area contributed by atoms with Gasteiger partial charge in [0.15, 0.2) is 11.7 Å². The first kappa shape index (κ1) is 11.0. The first-order valence-electron chi connectivity index (χ1n) is 5.12. The van der Waals surface area contributed by atoms with Gasteiger partial charge in [-0.25, -0.2) is 4.99 Å². The van der Waals surface area contributed by atoms with Crippen molar-refractivity contribution in [3.63, 3.8) is 0 Å². The van der Waals surface area contributed by atoms with E-state index in [4.69, 9.17) is 5.73 Å². The molecule has 5 nitrogen and oxygen atoms in total. The van der Waals surface area contributed by atoms with Crippen molar-refractivity contribution in [1.82, 2.24) is 10.6 Å². The van der Waals surface area contributed by atoms with Crippen LogP contribution in [0, 0.1) is 0 Å². The molecule has 1 atom stereocenters. The standard InChI is InChI=1S/C9H19N5/c1-3-5-9(10)13-7-12-8(14-9)11-6-4-2/h7H,3-6,10H2,1-2H3,(H2,11,12,13,14). The molecule has 0 aromatic heterocycles. The highest BCUT2D eigenvalue weighted by Crippen LogP contribution is 2.08. The molecule has 0 aromatic rings. The van der Waals surface area contributed by atoms with E-state index in [1.165, 1.54) is 0 Å². The summed E-state index contributed by atoms with van der Waals surface area (Å²) in [6.07, 6.45) is 4.42. The Labute approximate surface area is 84.9 Å². The van der Waals surface area contributed by atoms with Gasteiger partial charge in [-0.1, -0.05) is 20.3 Å². The van der Waals surface area contributed by atoms with Gasteiger partial charge in [0.1, 0.15) is 0 Å². The first-order chi connectivity index (χ1) is 6.70. The molecule has 5 heteroatoms. The molecule has 0 saturated heterocycles. The molecule has 1 unspecified atom stereocenters. The van der Waals surface area contributed by atoms with E-state index < -0.39 is 5.79 Å². The molecule has 0 spiro atoms. The number of aliphatic imine (C=N–C) groups is 2. The van der Waals surface area contributed by atoms with Gasteiger partial charge in [-0.2, -0.15) is 0 Å². The molecule has 1 heterocycles. The summed E-state index contributed by atoms with van der Waals surface area (Å²) in [5.41, 5.74) is 6.00. The summed E-state index contributed by atoms with van der Waals surface area (Å²) in [4.78, 5) is 8.46. The van der Waals surface area contributed by atoms with Crippen molar-refractivity contribution in [3.8, 4) is 0 Å². The Morgan fingerprint density at radius 1 is 1.50 bits per heavy atom. The average molecular weight is 197 g/mol. The number of nitrogens with one attached hydrogen (secondary N) is 2. The summed E-state index contributed by atoms with van der Waals surface area (Å²) in [7, 11) is 0. The van der Waals surface area contributed by atoms with Gasteiger partial charge in [-0.15, -0.1) is 0 Å². The number of hydrogen-bond donors (Lipinski definition) is 3. The van der Waals surface area contributed by atoms with Crippen molar-refractivity contribution in [1.29, 1.82) is 0 Å². The van der Waals surface area contributed by atoms with Gasteiger partial charge in [0, 0.05) is 13.0 Å². The van der Waals surface area contributed by atoms with Crippen molar-refractivity contribution >= 4 is 12.3 Å². The molecule has 14 heavy (non-hydrogen) atoms. The van der Waals surface area contributed by atoms with Gasteiger partial charge in [0.2, 0.25) is 0 Å². The molecule has 0 saturated carbocycles. The Kier molecular flexibility index (Phi) is 3.88. The van der Waals surface area contributed by atoms with Crippen molar-refractivity contribution in [2.24, 2.45) is 15.7 Å². The van der Waals surface area contributed by atoms with Gasteiger partial charge in [-0.3, -0.25) is 10.7 Å². The lowest BCUT2D eigenvalue weighted by Crippen LogP contribution is -2.61. The van der Waals surface area contributed by atoms with Crippen LogP contribution in [0.2, 0.25) is 0 Å². The second-order valence-corrected chi connectivity index (χ2v) is 3.43. The molecule has 1 aliphatic rings. The minimum absolute atomic E-state index is 0.674. The van der Waals surface area contributed by atoms with Crippen LogP contribution in [0.15, 0.2) is 9.98 Å². The molecule has 0 amide bonds. The van der Waals surface area contributed by atoms with Crippen molar-refractivity contribution in [2.45, 2.75) is 38.9 Å². The first-order valence-corrected chi connectivity index (χ1v) is 5.12. The average Bonchev–Trinajstić information content (AvgIpc) is 2.15. The lowest BCUT2D eigenvalue weighted by molar-refractivity contribution is 0.368. The van der Waals surface area contributed by atoms with Crippen molar-refractivity contribution in [3.05, 3.63) is 0 Å². The van der Waals surface area contributed by atoms with E-state index in [-0.39, 0.29) is 0 Å². The van der Waals surface area contributed by atoms with Crippen LogP contribution in [0.5, 0.6) is 0 Å². The maximum Gasteiger partial charge on any atom is 0.199 e. The molecule has 0 radical (unpaired) electrons. The topological polar surface area (TPSA) is 74.8 Å². The number of rotatable bonds is 4. The van der Waals surface area contributed by atoms with Gasteiger partial charge in [-0.05, 0) is 6.42 Å². The second kappa shape index (κ2) is 4.95. The molecule has 0 aromatic carbocycles. The van der Waals surface area contributed by atoms with E-state index in [0.717, 1.165) is 31.8 Å². The van der Waals surface area contributed by atoms with Crippen LogP contribution in [0.1, 0.15) is 33.1 Å². The number of nitrogens with zero attached hydrogens (tertiary/aromatic N) is 2. The zero-order valence-corrected chi connectivity index (χ0v) is 8.88. The van der Waals surface area contributed by atoms with Gasteiger partial charge in [0.05, 0.1) is 6.34 Å². The van der Waals surface area contributed by atoms with E-state index >= 15 is 0 Å². The number of guanidine groups is 1. The third kappa shape index (κ3) is 2.99. The molecule has 0 fully saturated rings. The monoisotopic (exact) mass is 197 g/mol. The molecular formula is C9H19N5. The smallest absolute Gasteiger partial charge is 0.199 e. The Bertz CT molecular complexity index is 235. The Balaban J connectivity index is 2.59. The summed E-state index contributed by atoms with van der Waals surface area (Å²) in [5, 5.41) is 6.02. The minimum atomic E-state index is -0.674. The number of nitrogens with two attached hydrogens (primary N) is 1. The summed E-state index contributed by atoms with van der Waals surface area (Å²) in [6.45, 7) is 4.96. The SMILES string of the molecule is CCCN=C1NC=NC(N)(CCC)N1. The normalized spacial score (nSPS) is 28.6. The predicted octanol–water partition coefficient (Wildman–Crippen LogP) is 0.386. The third-order valence-corrected chi connectivity index (χ3v) is 1.96. The van der Waals surface area contributed by atoms with E-state index in [1.807, 2.05) is 0 Å². The summed E-state index contributed by atoms with van der Waals surface area (Å²) < 4.78 is 0. The quantitative estimate of drug-likeness (QED) is 0.610. The van der Waals surface area contributed by atoms with E-state index in [1.54, 1.807) is 6.34 Å². The zero-order chi connectivity index (χ0) is 10.4. The minimum Gasteiger partial charge on any atom is -0.320 e. The molecule has 1 rings (SSSR count). The van der Waals surface area contributed by atoms with Crippen molar-refractivity contribution < 1.29 is 0 Å². The van der Waals surface area contributed by atoms with Crippen molar-refractivity contribution in [2.75, 3.05) is 6.54 Å². The van der Waals surface area contributed by atoms with Crippen LogP contribution in [-0.4, -0.2) is 24.6 Å². The molecular weight excluding hydrogens is 178 g/mol. The summed E-state index contributed by atoms with van der Waals surface area (Å²) >= 11 is 0. The maximum absolute atomic E-state index is 6.00. The van der Waals surface area contributed by atoms with Gasteiger partial charge < -0.3 is 10.6 Å². The third-order valence-electron chi connectivity index (χ3n) is 1.96. The highest BCUT2D eigenvalue weighted by molar-refractivity contribution is 5.92. The Morgan fingerprint density at radius 2 is 2.29 bits per heavy atom. The zero-order valence-electron chi connectivity index (χ0n) is 8.88. The van der Waals surface area contributed by atoms with Gasteiger partial charge in [0.25, 0.3) is 0 Å². The van der Waals surface area contributed by atoms with E-state index in [0.29, 0.717) is 0 Å². The molecule has 4 N–H and O–H groups in total. The lowest BCUT2D eigenvalue weighted by Gasteiger charge is -2.30. The lowest BCUT2D eigenvalue weighted by atomic mass is 10.2. The Morgan fingerprint density at radius 3 is 2.93 bits per heavy atom. The van der Waals surface area contributed by atoms with Crippen LogP contribution in [0.25, 0.3) is 0 Å².